The molecular formula is C65H66FIrN3OSi-2. The van der Waals surface area contributed by atoms with Gasteiger partial charge in [0.05, 0.1) is 30.5 Å². The van der Waals surface area contributed by atoms with Crippen molar-refractivity contribution in [3.05, 3.63) is 192 Å². The zero-order valence-corrected chi connectivity index (χ0v) is 47.4. The summed E-state index contributed by atoms with van der Waals surface area (Å²) < 4.78 is 23.2. The molecule has 1 radical (unpaired) electrons. The van der Waals surface area contributed by atoms with E-state index in [1.54, 1.807) is 0 Å². The van der Waals surface area contributed by atoms with E-state index in [-0.39, 0.29) is 48.6 Å². The second kappa shape index (κ2) is 20.3. The van der Waals surface area contributed by atoms with Gasteiger partial charge in [-0.15, -0.1) is 42.0 Å². The van der Waals surface area contributed by atoms with Crippen LogP contribution in [0, 0.1) is 17.9 Å². The second-order valence-electron chi connectivity index (χ2n) is 22.7. The molecule has 0 bridgehead atoms. The number of hydrogen-bond acceptors (Lipinski definition) is 3. The molecule has 369 valence electrons. The molecule has 0 aliphatic rings. The monoisotopic (exact) mass is 1140 g/mol. The number of pyridine rings is 1. The molecule has 10 rings (SSSR count). The van der Waals surface area contributed by atoms with Gasteiger partial charge in [-0.3, -0.25) is 9.37 Å². The standard InChI is InChI=1S/C46H43N2OSi.C19H23FN.Ir/c1-29(2)39-26-34(32-20-23-35(24-21-32)50(5,6)7)27-40(30(3)4)44(39)48-42-19-12-11-18-41(42)47-46(48)38-17-13-16-37-36-25-22-33(28-43(36)49-45(37)38)31-14-9-8-10-15-31;1-18(2,3)14-9-10-21-17(12-14)13-7-8-16(20)15(11-13)19(4,5)6;/h8-16,18-30H,1-7H3;8-12H,1-6H3;/q2*-1;. The minimum atomic E-state index is -1.40. The maximum Gasteiger partial charge on any atom is 0.121 e. The number of benzene rings is 7. The summed E-state index contributed by atoms with van der Waals surface area (Å²) in [6.07, 6.45) is 1.81. The van der Waals surface area contributed by atoms with Gasteiger partial charge >= 0.3 is 0 Å². The average molecular weight is 1140 g/mol. The van der Waals surface area contributed by atoms with Crippen molar-refractivity contribution in [1.29, 1.82) is 0 Å². The predicted molar refractivity (Wildman–Crippen MR) is 301 cm³/mol. The third-order valence-corrected chi connectivity index (χ3v) is 15.7. The Hall–Kier alpha value is -6.24. The summed E-state index contributed by atoms with van der Waals surface area (Å²) in [4.78, 5) is 9.76. The summed E-state index contributed by atoms with van der Waals surface area (Å²) in [5.74, 6) is 1.19. The first-order chi connectivity index (χ1) is 33.7. The minimum absolute atomic E-state index is 0. The zero-order valence-electron chi connectivity index (χ0n) is 44.0. The number of fused-ring (bicyclic) bond motifs is 4. The van der Waals surface area contributed by atoms with Crippen LogP contribution < -0.4 is 5.19 Å². The Morgan fingerprint density at radius 2 is 1.28 bits per heavy atom. The quantitative estimate of drug-likeness (QED) is 0.112. The molecule has 0 unspecified atom stereocenters. The Labute approximate surface area is 441 Å². The number of para-hydroxylation sites is 2. The molecule has 10 aromatic rings. The smallest absolute Gasteiger partial charge is 0.121 e. The SMILES string of the molecule is CC(C)(C)c1ccnc(-c2[c-]cc(F)c(C(C)(C)C)c2)c1.CC(C)c1cc(-c2ccc([Si](C)(C)C)cc2)cc(C(C)C)c1-n1c(-c2[c-]ccc3c2oc2cc(-c4ccccc4)ccc23)nc2ccccc21.[Ir]. The Bertz CT molecular complexity index is 3520. The number of halogens is 1. The van der Waals surface area contributed by atoms with Crippen LogP contribution in [0.3, 0.4) is 0 Å². The van der Waals surface area contributed by atoms with E-state index in [4.69, 9.17) is 9.40 Å². The third kappa shape index (κ3) is 10.5. The van der Waals surface area contributed by atoms with E-state index < -0.39 is 8.07 Å². The van der Waals surface area contributed by atoms with Gasteiger partial charge in [-0.25, -0.2) is 0 Å². The summed E-state index contributed by atoms with van der Waals surface area (Å²) in [7, 11) is -1.40. The summed E-state index contributed by atoms with van der Waals surface area (Å²) >= 11 is 0. The molecule has 0 amide bonds. The molecular weight excluding hydrogens is 1080 g/mol. The van der Waals surface area contributed by atoms with Crippen molar-refractivity contribution in [2.24, 2.45) is 0 Å². The molecule has 0 N–H and O–H groups in total. The molecule has 0 spiro atoms. The van der Waals surface area contributed by atoms with Gasteiger partial charge in [-0.2, -0.15) is 0 Å². The van der Waals surface area contributed by atoms with Crippen molar-refractivity contribution in [2.45, 2.75) is 112 Å². The second-order valence-corrected chi connectivity index (χ2v) is 27.8. The molecule has 0 fully saturated rings. The number of rotatable bonds is 8. The van der Waals surface area contributed by atoms with Crippen LogP contribution in [0.25, 0.3) is 83.6 Å². The number of aromatic nitrogens is 3. The Morgan fingerprint density at radius 3 is 1.92 bits per heavy atom. The van der Waals surface area contributed by atoms with Crippen LogP contribution in [0.5, 0.6) is 0 Å². The van der Waals surface area contributed by atoms with Crippen molar-refractivity contribution in [3.8, 4) is 50.6 Å². The molecule has 0 saturated carbocycles. The Morgan fingerprint density at radius 1 is 0.639 bits per heavy atom. The van der Waals surface area contributed by atoms with E-state index in [0.717, 1.165) is 61.2 Å². The Balaban J connectivity index is 0.000000265. The van der Waals surface area contributed by atoms with Crippen LogP contribution >= 0.6 is 0 Å². The molecule has 0 saturated heterocycles. The van der Waals surface area contributed by atoms with Crippen molar-refractivity contribution < 1.29 is 28.9 Å². The fourth-order valence-electron chi connectivity index (χ4n) is 9.53. The maximum absolute atomic E-state index is 14.0. The summed E-state index contributed by atoms with van der Waals surface area (Å²) in [5, 5.41) is 3.64. The molecule has 3 heterocycles. The van der Waals surface area contributed by atoms with Gasteiger partial charge in [0.1, 0.15) is 5.58 Å². The van der Waals surface area contributed by atoms with Gasteiger partial charge in [0.2, 0.25) is 0 Å². The fraction of sp³-hybridized carbons (Fsp3) is 0.262. The normalized spacial score (nSPS) is 12.2. The first-order valence-electron chi connectivity index (χ1n) is 25.1. The summed E-state index contributed by atoms with van der Waals surface area (Å²) in [5.41, 5.74) is 16.6. The van der Waals surface area contributed by atoms with Gasteiger partial charge in [0, 0.05) is 43.2 Å². The molecule has 4 nitrogen and oxygen atoms in total. The molecule has 3 aromatic heterocycles. The molecule has 7 heteroatoms. The fourth-order valence-corrected chi connectivity index (χ4v) is 10.7. The van der Waals surface area contributed by atoms with Crippen LogP contribution in [-0.4, -0.2) is 22.6 Å². The van der Waals surface area contributed by atoms with E-state index in [0.29, 0.717) is 5.56 Å². The number of hydrogen-bond donors (Lipinski definition) is 0. The van der Waals surface area contributed by atoms with Gasteiger partial charge in [0.15, 0.2) is 0 Å². The van der Waals surface area contributed by atoms with E-state index in [1.165, 1.54) is 50.3 Å². The van der Waals surface area contributed by atoms with Crippen molar-refractivity contribution in [3.63, 3.8) is 0 Å². The topological polar surface area (TPSA) is 43.9 Å². The van der Waals surface area contributed by atoms with Crippen LogP contribution in [0.2, 0.25) is 19.6 Å². The van der Waals surface area contributed by atoms with E-state index in [2.05, 4.69) is 205 Å². The molecule has 0 aliphatic carbocycles. The summed E-state index contributed by atoms with van der Waals surface area (Å²) in [6.45, 7) is 29.0. The maximum atomic E-state index is 14.0. The minimum Gasteiger partial charge on any atom is -0.501 e. The number of imidazole rings is 1. The predicted octanol–water partition coefficient (Wildman–Crippen LogP) is 17.8. The van der Waals surface area contributed by atoms with Crippen LogP contribution in [0.15, 0.2) is 156 Å². The zero-order chi connectivity index (χ0) is 50.6. The van der Waals surface area contributed by atoms with E-state index in [9.17, 15) is 4.39 Å². The molecule has 72 heavy (non-hydrogen) atoms. The first-order valence-corrected chi connectivity index (χ1v) is 28.6. The van der Waals surface area contributed by atoms with Crippen LogP contribution in [0.1, 0.15) is 103 Å². The van der Waals surface area contributed by atoms with E-state index >= 15 is 0 Å². The average Bonchev–Trinajstić information content (AvgIpc) is 3.92. The molecule has 7 aromatic carbocycles. The van der Waals surface area contributed by atoms with Crippen LogP contribution in [0.4, 0.5) is 4.39 Å². The van der Waals surface area contributed by atoms with Crippen molar-refractivity contribution in [1.82, 2.24) is 14.5 Å². The largest absolute Gasteiger partial charge is 0.501 e. The van der Waals surface area contributed by atoms with Crippen LogP contribution in [-0.2, 0) is 30.9 Å². The number of furan rings is 1. The third-order valence-electron chi connectivity index (χ3n) is 13.7. The van der Waals surface area contributed by atoms with Crippen molar-refractivity contribution in [2.75, 3.05) is 0 Å². The van der Waals surface area contributed by atoms with Crippen molar-refractivity contribution >= 4 is 46.2 Å². The molecule has 0 aliphatic heterocycles. The van der Waals surface area contributed by atoms with Gasteiger partial charge in [0.25, 0.3) is 0 Å². The van der Waals surface area contributed by atoms with Gasteiger partial charge in [-0.1, -0.05) is 196 Å². The van der Waals surface area contributed by atoms with E-state index in [1.807, 2.05) is 51.2 Å². The number of nitrogens with zero attached hydrogens (tertiary/aromatic N) is 3. The van der Waals surface area contributed by atoms with Gasteiger partial charge in [-0.05, 0) is 104 Å². The molecule has 0 atom stereocenters. The Kier molecular flexibility index (Phi) is 14.7. The van der Waals surface area contributed by atoms with Gasteiger partial charge < -0.3 is 14.0 Å². The summed E-state index contributed by atoms with van der Waals surface area (Å²) in [6, 6.07) is 57.7. The first kappa shape index (κ1) is 52.1.